The van der Waals surface area contributed by atoms with E-state index >= 15 is 0 Å². The molecule has 0 bridgehead atoms. The number of hydrogen-bond donors (Lipinski definition) is 1. The number of aliphatic hydroxyl groups is 1. The van der Waals surface area contributed by atoms with Crippen molar-refractivity contribution in [2.75, 3.05) is 26.7 Å². The Morgan fingerprint density at radius 2 is 2.09 bits per heavy atom. The normalized spacial score (nSPS) is 18.5. The number of carbonyl (C=O) groups excluding carboxylic acids is 1. The maximum atomic E-state index is 13.6. The lowest BCUT2D eigenvalue weighted by atomic mass is 10.0. The largest absolute Gasteiger partial charge is 0.497 e. The van der Waals surface area contributed by atoms with Crippen molar-refractivity contribution in [2.45, 2.75) is 51.9 Å². The average Bonchev–Trinajstić information content (AvgIpc) is 3.36. The van der Waals surface area contributed by atoms with Gasteiger partial charge in [-0.15, -0.1) is 0 Å². The SMILES string of the molecule is COc1cccc(Cn2nc(C(=O)N3CCCC(O)C3)c3c2CCN(Cc2cn(C)nc2C)C3)c1. The second kappa shape index (κ2) is 9.83. The topological polar surface area (TPSA) is 88.6 Å². The van der Waals surface area contributed by atoms with Crippen LogP contribution in [0.4, 0.5) is 0 Å². The van der Waals surface area contributed by atoms with Crippen molar-refractivity contribution in [3.05, 3.63) is 64.2 Å². The first-order valence-electron chi connectivity index (χ1n) is 12.3. The summed E-state index contributed by atoms with van der Waals surface area (Å²) in [5.41, 5.74) is 5.95. The van der Waals surface area contributed by atoms with Crippen molar-refractivity contribution < 1.29 is 14.6 Å². The van der Waals surface area contributed by atoms with Crippen molar-refractivity contribution in [2.24, 2.45) is 7.05 Å². The molecule has 0 radical (unpaired) electrons. The van der Waals surface area contributed by atoms with Gasteiger partial charge in [-0.25, -0.2) is 0 Å². The van der Waals surface area contributed by atoms with Gasteiger partial charge in [0.05, 0.1) is 25.5 Å². The van der Waals surface area contributed by atoms with Crippen LogP contribution in [0.3, 0.4) is 0 Å². The number of methoxy groups -OCH3 is 1. The van der Waals surface area contributed by atoms with Crippen LogP contribution >= 0.6 is 0 Å². The lowest BCUT2D eigenvalue weighted by Crippen LogP contribution is -2.43. The highest BCUT2D eigenvalue weighted by Crippen LogP contribution is 2.27. The number of rotatable bonds is 6. The Kier molecular flexibility index (Phi) is 6.62. The van der Waals surface area contributed by atoms with E-state index in [0.29, 0.717) is 31.9 Å². The van der Waals surface area contributed by atoms with Gasteiger partial charge in [0.2, 0.25) is 0 Å². The van der Waals surface area contributed by atoms with Gasteiger partial charge < -0.3 is 14.7 Å². The highest BCUT2D eigenvalue weighted by atomic mass is 16.5. The van der Waals surface area contributed by atoms with Crippen LogP contribution in [0.25, 0.3) is 0 Å². The molecule has 1 fully saturated rings. The van der Waals surface area contributed by atoms with Crippen molar-refractivity contribution >= 4 is 5.91 Å². The Hall–Kier alpha value is -3.17. The van der Waals surface area contributed by atoms with Gasteiger partial charge in [0.1, 0.15) is 5.75 Å². The molecule has 0 aliphatic carbocycles. The van der Waals surface area contributed by atoms with E-state index in [1.807, 2.05) is 41.5 Å². The smallest absolute Gasteiger partial charge is 0.274 e. The standard InChI is InChI=1S/C26H34N6O3/c1-18-20(14-29(2)27-18)15-30-11-9-24-23(17-30)25(26(34)31-10-5-7-21(33)16-31)28-32(24)13-19-6-4-8-22(12-19)35-3/h4,6,8,12,14,21,33H,5,7,9-11,13,15-17H2,1-3H3. The molecule has 1 saturated heterocycles. The van der Waals surface area contributed by atoms with Crippen molar-refractivity contribution in [3.8, 4) is 5.75 Å². The van der Waals surface area contributed by atoms with Crippen LogP contribution < -0.4 is 4.74 Å². The number of aromatic nitrogens is 4. The number of fused-ring (bicyclic) bond motifs is 1. The fourth-order valence-electron chi connectivity index (χ4n) is 5.26. The molecule has 9 heteroatoms. The second-order valence-electron chi connectivity index (χ2n) is 9.70. The minimum absolute atomic E-state index is 0.0798. The lowest BCUT2D eigenvalue weighted by molar-refractivity contribution is 0.0466. The molecule has 1 aromatic carbocycles. The van der Waals surface area contributed by atoms with Gasteiger partial charge in [-0.05, 0) is 37.5 Å². The minimum atomic E-state index is -0.465. The Morgan fingerprint density at radius 3 is 2.83 bits per heavy atom. The Morgan fingerprint density at radius 1 is 1.23 bits per heavy atom. The van der Waals surface area contributed by atoms with Gasteiger partial charge in [-0.2, -0.15) is 10.2 Å². The highest BCUT2D eigenvalue weighted by Gasteiger charge is 2.32. The number of nitrogens with zero attached hydrogens (tertiary/aromatic N) is 6. The summed E-state index contributed by atoms with van der Waals surface area (Å²) in [4.78, 5) is 17.7. The van der Waals surface area contributed by atoms with Crippen LogP contribution in [-0.2, 0) is 33.1 Å². The van der Waals surface area contributed by atoms with Gasteiger partial charge in [0, 0.05) is 69.2 Å². The van der Waals surface area contributed by atoms with Crippen molar-refractivity contribution in [1.82, 2.24) is 29.4 Å². The molecular weight excluding hydrogens is 444 g/mol. The molecule has 0 spiro atoms. The summed E-state index contributed by atoms with van der Waals surface area (Å²) < 4.78 is 9.23. The number of β-amino-alcohol motifs (C(OH)–C–C–N with tert-alkyl or cyclic N) is 1. The van der Waals surface area contributed by atoms with Gasteiger partial charge in [0.15, 0.2) is 5.69 Å². The zero-order valence-electron chi connectivity index (χ0n) is 20.8. The first kappa shape index (κ1) is 23.6. The number of ether oxygens (including phenoxy) is 1. The van der Waals surface area contributed by atoms with Crippen molar-refractivity contribution in [1.29, 1.82) is 0 Å². The molecule has 2 aliphatic rings. The van der Waals surface area contributed by atoms with Gasteiger partial charge in [-0.1, -0.05) is 12.1 Å². The van der Waals surface area contributed by atoms with E-state index in [2.05, 4.69) is 22.3 Å². The minimum Gasteiger partial charge on any atom is -0.497 e. The monoisotopic (exact) mass is 478 g/mol. The maximum Gasteiger partial charge on any atom is 0.274 e. The van der Waals surface area contributed by atoms with Gasteiger partial charge >= 0.3 is 0 Å². The molecule has 2 aliphatic heterocycles. The van der Waals surface area contributed by atoms with Gasteiger partial charge in [0.25, 0.3) is 5.91 Å². The Balaban J connectivity index is 1.45. The number of aryl methyl sites for hydroxylation is 2. The molecule has 1 atom stereocenters. The third kappa shape index (κ3) is 4.97. The van der Waals surface area contributed by atoms with E-state index < -0.39 is 6.10 Å². The summed E-state index contributed by atoms with van der Waals surface area (Å²) in [6, 6.07) is 7.97. The van der Waals surface area contributed by atoms with E-state index in [9.17, 15) is 9.90 Å². The van der Waals surface area contributed by atoms with E-state index in [1.165, 1.54) is 5.56 Å². The average molecular weight is 479 g/mol. The zero-order chi connectivity index (χ0) is 24.5. The van der Waals surface area contributed by atoms with Crippen LogP contribution in [0, 0.1) is 6.92 Å². The second-order valence-corrected chi connectivity index (χ2v) is 9.70. The number of hydrogen-bond acceptors (Lipinski definition) is 6. The summed E-state index contributed by atoms with van der Waals surface area (Å²) >= 11 is 0. The lowest BCUT2D eigenvalue weighted by Gasteiger charge is -2.31. The number of likely N-dealkylation sites (tertiary alicyclic amines) is 1. The summed E-state index contributed by atoms with van der Waals surface area (Å²) in [7, 11) is 3.61. The number of amides is 1. The number of piperidine rings is 1. The summed E-state index contributed by atoms with van der Waals surface area (Å²) in [5, 5.41) is 19.5. The molecular formula is C26H34N6O3. The first-order chi connectivity index (χ1) is 16.9. The first-order valence-corrected chi connectivity index (χ1v) is 12.3. The van der Waals surface area contributed by atoms with Crippen molar-refractivity contribution in [3.63, 3.8) is 0 Å². The molecule has 5 rings (SSSR count). The summed E-state index contributed by atoms with van der Waals surface area (Å²) in [6.07, 6.45) is 3.98. The predicted octanol–water partition coefficient (Wildman–Crippen LogP) is 2.14. The molecule has 4 heterocycles. The Labute approximate surface area is 205 Å². The highest BCUT2D eigenvalue weighted by molar-refractivity contribution is 5.94. The fourth-order valence-corrected chi connectivity index (χ4v) is 5.26. The predicted molar refractivity (Wildman–Crippen MR) is 131 cm³/mol. The van der Waals surface area contributed by atoms with E-state index in [4.69, 9.17) is 9.84 Å². The number of benzene rings is 1. The number of carbonyl (C=O) groups is 1. The molecule has 186 valence electrons. The molecule has 1 N–H and O–H groups in total. The number of aliphatic hydroxyl groups excluding tert-OH is 1. The molecule has 35 heavy (non-hydrogen) atoms. The van der Waals surface area contributed by atoms with Crippen LogP contribution in [0.1, 0.15) is 51.4 Å². The quantitative estimate of drug-likeness (QED) is 0.584. The fraction of sp³-hybridized carbons (Fsp3) is 0.500. The third-order valence-corrected chi connectivity index (χ3v) is 7.07. The maximum absolute atomic E-state index is 13.6. The molecule has 3 aromatic rings. The molecule has 0 saturated carbocycles. The van der Waals surface area contributed by atoms with Crippen LogP contribution in [-0.4, -0.2) is 73.2 Å². The molecule has 1 amide bonds. The van der Waals surface area contributed by atoms with E-state index in [0.717, 1.165) is 60.6 Å². The summed E-state index contributed by atoms with van der Waals surface area (Å²) in [6.45, 7) is 5.99. The Bertz CT molecular complexity index is 1220. The molecule has 9 nitrogen and oxygen atoms in total. The van der Waals surface area contributed by atoms with Gasteiger partial charge in [-0.3, -0.25) is 19.1 Å². The van der Waals surface area contributed by atoms with E-state index in [1.54, 1.807) is 12.0 Å². The summed E-state index contributed by atoms with van der Waals surface area (Å²) in [5.74, 6) is 0.726. The zero-order valence-corrected chi connectivity index (χ0v) is 20.8. The van der Waals surface area contributed by atoms with Crippen LogP contribution in [0.15, 0.2) is 30.5 Å². The van der Waals surface area contributed by atoms with Crippen LogP contribution in [0.2, 0.25) is 0 Å². The van der Waals surface area contributed by atoms with E-state index in [-0.39, 0.29) is 5.91 Å². The third-order valence-electron chi connectivity index (χ3n) is 7.07. The molecule has 2 aromatic heterocycles. The molecule has 1 unspecified atom stereocenters. The van der Waals surface area contributed by atoms with Crippen LogP contribution in [0.5, 0.6) is 5.75 Å².